The number of guanidine groups is 1. The van der Waals surface area contributed by atoms with Gasteiger partial charge in [0.05, 0.1) is 19.8 Å². The summed E-state index contributed by atoms with van der Waals surface area (Å²) in [5, 5.41) is 4.18. The summed E-state index contributed by atoms with van der Waals surface area (Å²) in [5.74, 6) is 1.90. The van der Waals surface area contributed by atoms with Gasteiger partial charge in [0.2, 0.25) is 0 Å². The van der Waals surface area contributed by atoms with Gasteiger partial charge in [-0.1, -0.05) is 0 Å². The summed E-state index contributed by atoms with van der Waals surface area (Å²) in [6.07, 6.45) is 1.08. The molecule has 6 nitrogen and oxygen atoms in total. The number of hydrogen-bond acceptors (Lipinski definition) is 4. The maximum Gasteiger partial charge on any atom is 0.194 e. The van der Waals surface area contributed by atoms with E-state index in [9.17, 15) is 4.39 Å². The highest BCUT2D eigenvalue weighted by atomic mass is 19.1. The summed E-state index contributed by atoms with van der Waals surface area (Å²) >= 11 is 0. The molecule has 1 saturated heterocycles. The third kappa shape index (κ3) is 5.02. The van der Waals surface area contributed by atoms with Gasteiger partial charge in [-0.2, -0.15) is 0 Å². The number of ether oxygens (including phenoxy) is 2. The van der Waals surface area contributed by atoms with Crippen molar-refractivity contribution in [2.75, 3.05) is 46.6 Å². The second-order valence-electron chi connectivity index (χ2n) is 7.13. The maximum absolute atomic E-state index is 13.5. The van der Waals surface area contributed by atoms with Crippen molar-refractivity contribution < 1.29 is 18.3 Å². The van der Waals surface area contributed by atoms with Crippen molar-refractivity contribution in [3.8, 4) is 0 Å². The third-order valence-electron chi connectivity index (χ3n) is 5.08. The molecule has 0 radical (unpaired) electrons. The summed E-state index contributed by atoms with van der Waals surface area (Å²) in [5.41, 5.74) is 1.64. The molecule has 1 atom stereocenters. The lowest BCUT2D eigenvalue weighted by Crippen LogP contribution is -2.40. The van der Waals surface area contributed by atoms with Crippen molar-refractivity contribution in [2.45, 2.75) is 26.8 Å². The van der Waals surface area contributed by atoms with Crippen molar-refractivity contribution in [1.82, 2.24) is 10.2 Å². The predicted molar refractivity (Wildman–Crippen MR) is 108 cm³/mol. The first-order chi connectivity index (χ1) is 13.6. The normalized spacial score (nSPS) is 17.6. The molecular weight excluding hydrogens is 361 g/mol. The smallest absolute Gasteiger partial charge is 0.194 e. The van der Waals surface area contributed by atoms with Gasteiger partial charge < -0.3 is 24.1 Å². The van der Waals surface area contributed by atoms with Gasteiger partial charge in [-0.25, -0.2) is 9.38 Å². The Hall–Kier alpha value is -2.12. The number of benzene rings is 1. The first-order valence-corrected chi connectivity index (χ1v) is 9.89. The van der Waals surface area contributed by atoms with E-state index >= 15 is 0 Å². The quantitative estimate of drug-likeness (QED) is 0.425. The average Bonchev–Trinajstić information content (AvgIpc) is 3.28. The molecule has 2 heterocycles. The van der Waals surface area contributed by atoms with Crippen LogP contribution in [0.4, 0.5) is 4.39 Å². The van der Waals surface area contributed by atoms with Crippen LogP contribution in [0.5, 0.6) is 0 Å². The summed E-state index contributed by atoms with van der Waals surface area (Å²) in [6.45, 7) is 9.11. The molecule has 1 N–H and O–H groups in total. The Morgan fingerprint density at radius 3 is 3.04 bits per heavy atom. The summed E-state index contributed by atoms with van der Waals surface area (Å²) < 4.78 is 30.1. The third-order valence-corrected chi connectivity index (χ3v) is 5.08. The maximum atomic E-state index is 13.5. The van der Waals surface area contributed by atoms with Crippen molar-refractivity contribution in [3.63, 3.8) is 0 Å². The molecular formula is C21H30FN3O3. The van der Waals surface area contributed by atoms with Crippen LogP contribution in [0.2, 0.25) is 0 Å². The van der Waals surface area contributed by atoms with E-state index in [1.54, 1.807) is 13.2 Å². The monoisotopic (exact) mass is 391 g/mol. The Morgan fingerprint density at radius 1 is 1.39 bits per heavy atom. The zero-order valence-corrected chi connectivity index (χ0v) is 17.0. The Morgan fingerprint density at radius 2 is 2.25 bits per heavy atom. The van der Waals surface area contributed by atoms with E-state index < -0.39 is 0 Å². The number of aryl methyl sites for hydroxylation is 1. The van der Waals surface area contributed by atoms with Gasteiger partial charge >= 0.3 is 0 Å². The minimum atomic E-state index is -0.254. The van der Waals surface area contributed by atoms with E-state index in [0.717, 1.165) is 55.3 Å². The molecule has 0 bridgehead atoms. The lowest BCUT2D eigenvalue weighted by atomic mass is 10.1. The molecule has 1 aliphatic heterocycles. The van der Waals surface area contributed by atoms with Crippen LogP contribution in [0.15, 0.2) is 27.6 Å². The van der Waals surface area contributed by atoms with Gasteiger partial charge in [-0.3, -0.25) is 0 Å². The summed E-state index contributed by atoms with van der Waals surface area (Å²) in [7, 11) is 1.68. The molecule has 1 aromatic heterocycles. The largest absolute Gasteiger partial charge is 0.459 e. The number of methoxy groups -OCH3 is 1. The van der Waals surface area contributed by atoms with E-state index in [2.05, 4.69) is 17.1 Å². The number of nitrogens with one attached hydrogen (secondary N) is 1. The Kier molecular flexibility index (Phi) is 7.28. The molecule has 1 aliphatic rings. The van der Waals surface area contributed by atoms with Crippen LogP contribution in [0, 0.1) is 18.7 Å². The van der Waals surface area contributed by atoms with Crippen molar-refractivity contribution in [2.24, 2.45) is 10.9 Å². The molecule has 0 amide bonds. The van der Waals surface area contributed by atoms with E-state index in [1.807, 2.05) is 6.92 Å². The minimum Gasteiger partial charge on any atom is -0.459 e. The van der Waals surface area contributed by atoms with Gasteiger partial charge in [0.1, 0.15) is 23.7 Å². The molecule has 28 heavy (non-hydrogen) atoms. The highest BCUT2D eigenvalue weighted by Crippen LogP contribution is 2.26. The SMILES string of the molecule is CCNC(=NCc1oc2ccc(F)cc2c1C)N1CCC(COCCOC)C1. The second kappa shape index (κ2) is 9.89. The first-order valence-electron chi connectivity index (χ1n) is 9.89. The number of halogens is 1. The second-order valence-corrected chi connectivity index (χ2v) is 7.13. The highest BCUT2D eigenvalue weighted by molar-refractivity contribution is 5.83. The fourth-order valence-electron chi connectivity index (χ4n) is 3.52. The highest BCUT2D eigenvalue weighted by Gasteiger charge is 2.25. The number of nitrogens with zero attached hydrogens (tertiary/aromatic N) is 2. The molecule has 2 aromatic rings. The van der Waals surface area contributed by atoms with E-state index in [-0.39, 0.29) is 5.82 Å². The van der Waals surface area contributed by atoms with Crippen LogP contribution < -0.4 is 5.32 Å². The molecule has 1 unspecified atom stereocenters. The Bertz CT molecular complexity index is 806. The van der Waals surface area contributed by atoms with Crippen LogP contribution in [-0.4, -0.2) is 57.4 Å². The zero-order chi connectivity index (χ0) is 19.9. The van der Waals surface area contributed by atoms with Crippen LogP contribution in [0.3, 0.4) is 0 Å². The molecule has 0 aliphatic carbocycles. The zero-order valence-electron chi connectivity index (χ0n) is 17.0. The topological polar surface area (TPSA) is 59.2 Å². The molecule has 0 spiro atoms. The summed E-state index contributed by atoms with van der Waals surface area (Å²) in [4.78, 5) is 7.04. The van der Waals surface area contributed by atoms with Crippen LogP contribution >= 0.6 is 0 Å². The predicted octanol–water partition coefficient (Wildman–Crippen LogP) is 3.33. The lowest BCUT2D eigenvalue weighted by molar-refractivity contribution is 0.0536. The molecule has 1 aromatic carbocycles. The molecule has 3 rings (SSSR count). The number of hydrogen-bond donors (Lipinski definition) is 1. The Labute approximate surface area is 165 Å². The fourth-order valence-corrected chi connectivity index (χ4v) is 3.52. The minimum absolute atomic E-state index is 0.254. The van der Waals surface area contributed by atoms with Gasteiger partial charge in [-0.15, -0.1) is 0 Å². The fraction of sp³-hybridized carbons (Fsp3) is 0.571. The van der Waals surface area contributed by atoms with E-state index in [4.69, 9.17) is 18.9 Å². The number of likely N-dealkylation sites (tertiary alicyclic amines) is 1. The van der Waals surface area contributed by atoms with Gasteiger partial charge in [0.25, 0.3) is 0 Å². The lowest BCUT2D eigenvalue weighted by Gasteiger charge is -2.21. The van der Waals surface area contributed by atoms with Gasteiger partial charge in [-0.05, 0) is 38.5 Å². The summed E-state index contributed by atoms with van der Waals surface area (Å²) in [6, 6.07) is 4.60. The number of rotatable bonds is 8. The number of aliphatic imine (C=N–C) groups is 1. The van der Waals surface area contributed by atoms with E-state index in [0.29, 0.717) is 31.3 Å². The molecule has 7 heteroatoms. The molecule has 0 saturated carbocycles. The number of fused-ring (bicyclic) bond motifs is 1. The standard InChI is InChI=1S/C21H30FN3O3/c1-4-23-21(25-8-7-16(13-25)14-27-10-9-26-3)24-12-20-15(2)18-11-17(22)5-6-19(18)28-20/h5-6,11,16H,4,7-10,12-14H2,1-3H3,(H,23,24). The Balaban J connectivity index is 1.64. The van der Waals surface area contributed by atoms with Crippen molar-refractivity contribution >= 4 is 16.9 Å². The van der Waals surface area contributed by atoms with Crippen LogP contribution in [0.25, 0.3) is 11.0 Å². The van der Waals surface area contributed by atoms with Gasteiger partial charge in [0, 0.05) is 43.6 Å². The van der Waals surface area contributed by atoms with Crippen LogP contribution in [0.1, 0.15) is 24.7 Å². The van der Waals surface area contributed by atoms with Crippen molar-refractivity contribution in [3.05, 3.63) is 35.3 Å². The van der Waals surface area contributed by atoms with Gasteiger partial charge in [0.15, 0.2) is 5.96 Å². The molecule has 1 fully saturated rings. The van der Waals surface area contributed by atoms with Crippen LogP contribution in [-0.2, 0) is 16.0 Å². The van der Waals surface area contributed by atoms with Crippen molar-refractivity contribution in [1.29, 1.82) is 0 Å². The van der Waals surface area contributed by atoms with E-state index in [1.165, 1.54) is 12.1 Å². The average molecular weight is 391 g/mol. The molecule has 154 valence electrons. The number of furan rings is 1. The first kappa shape index (κ1) is 20.6.